The number of methoxy groups -OCH3 is 1. The van der Waals surface area contributed by atoms with Gasteiger partial charge in [0.15, 0.2) is 0 Å². The van der Waals surface area contributed by atoms with E-state index in [1.807, 2.05) is 25.3 Å². The molecule has 21 heavy (non-hydrogen) atoms. The second-order valence-electron chi connectivity index (χ2n) is 4.63. The summed E-state index contributed by atoms with van der Waals surface area (Å²) in [6.07, 6.45) is 5.21. The van der Waals surface area contributed by atoms with Crippen LogP contribution in [0.25, 0.3) is 0 Å². The number of hydrogen-bond acceptors (Lipinski definition) is 4. The first kappa shape index (κ1) is 14.8. The molecule has 0 aliphatic rings. The van der Waals surface area contributed by atoms with Gasteiger partial charge in [-0.2, -0.15) is 5.10 Å². The van der Waals surface area contributed by atoms with Crippen LogP contribution in [0.4, 0.5) is 4.79 Å². The Kier molecular flexibility index (Phi) is 5.14. The van der Waals surface area contributed by atoms with Crippen molar-refractivity contribution in [1.29, 1.82) is 0 Å². The number of aromatic nitrogens is 3. The molecule has 7 nitrogen and oxygen atoms in total. The first-order valence-corrected chi connectivity index (χ1v) is 6.68. The minimum absolute atomic E-state index is 0.0271. The van der Waals surface area contributed by atoms with Gasteiger partial charge in [-0.05, 0) is 19.1 Å². The van der Waals surface area contributed by atoms with E-state index in [0.717, 1.165) is 5.56 Å². The van der Waals surface area contributed by atoms with Gasteiger partial charge in [0.1, 0.15) is 0 Å². The summed E-state index contributed by atoms with van der Waals surface area (Å²) >= 11 is 0. The predicted octanol–water partition coefficient (Wildman–Crippen LogP) is 1.17. The van der Waals surface area contributed by atoms with Crippen molar-refractivity contribution in [3.8, 4) is 5.88 Å². The molecule has 0 fully saturated rings. The van der Waals surface area contributed by atoms with Crippen LogP contribution in [0.2, 0.25) is 0 Å². The van der Waals surface area contributed by atoms with E-state index in [-0.39, 0.29) is 12.1 Å². The Morgan fingerprint density at radius 1 is 1.43 bits per heavy atom. The van der Waals surface area contributed by atoms with Gasteiger partial charge in [0.2, 0.25) is 5.88 Å². The number of nitrogens with zero attached hydrogens (tertiary/aromatic N) is 3. The van der Waals surface area contributed by atoms with E-state index in [1.54, 1.807) is 30.3 Å². The Morgan fingerprint density at radius 3 is 3.00 bits per heavy atom. The SMILES string of the molecule is COc1ncccc1CNC(=O)N[C@H](C)Cn1cccn1. The summed E-state index contributed by atoms with van der Waals surface area (Å²) in [5, 5.41) is 9.74. The summed E-state index contributed by atoms with van der Waals surface area (Å²) in [6, 6.07) is 5.25. The number of carbonyl (C=O) groups is 1. The van der Waals surface area contributed by atoms with E-state index in [9.17, 15) is 4.79 Å². The molecule has 1 atom stereocenters. The molecule has 0 aromatic carbocycles. The third-order valence-corrected chi connectivity index (χ3v) is 2.88. The van der Waals surface area contributed by atoms with Crippen molar-refractivity contribution in [2.75, 3.05) is 7.11 Å². The van der Waals surface area contributed by atoms with Crippen LogP contribution < -0.4 is 15.4 Å². The number of rotatable bonds is 6. The normalized spacial score (nSPS) is 11.7. The maximum Gasteiger partial charge on any atom is 0.315 e. The first-order chi connectivity index (χ1) is 10.2. The predicted molar refractivity (Wildman–Crippen MR) is 77.8 cm³/mol. The van der Waals surface area contributed by atoms with E-state index in [4.69, 9.17) is 4.74 Å². The maximum atomic E-state index is 11.8. The number of carbonyl (C=O) groups excluding carboxylic acids is 1. The first-order valence-electron chi connectivity index (χ1n) is 6.68. The second-order valence-corrected chi connectivity index (χ2v) is 4.63. The van der Waals surface area contributed by atoms with Gasteiger partial charge in [-0.15, -0.1) is 0 Å². The van der Waals surface area contributed by atoms with Gasteiger partial charge in [-0.25, -0.2) is 9.78 Å². The molecule has 2 heterocycles. The van der Waals surface area contributed by atoms with E-state index in [1.165, 1.54) is 0 Å². The molecule has 2 amide bonds. The van der Waals surface area contributed by atoms with Crippen LogP contribution in [0.3, 0.4) is 0 Å². The van der Waals surface area contributed by atoms with Crippen molar-refractivity contribution in [3.63, 3.8) is 0 Å². The Labute approximate surface area is 123 Å². The summed E-state index contributed by atoms with van der Waals surface area (Å²) in [5.74, 6) is 0.516. The Morgan fingerprint density at radius 2 is 2.29 bits per heavy atom. The minimum atomic E-state index is -0.236. The smallest absolute Gasteiger partial charge is 0.315 e. The fourth-order valence-corrected chi connectivity index (χ4v) is 1.93. The average molecular weight is 289 g/mol. The van der Waals surface area contributed by atoms with E-state index < -0.39 is 0 Å². The Bertz CT molecular complexity index is 571. The van der Waals surface area contributed by atoms with E-state index in [0.29, 0.717) is 19.0 Å². The van der Waals surface area contributed by atoms with Gasteiger partial charge < -0.3 is 15.4 Å². The third kappa shape index (κ3) is 4.48. The van der Waals surface area contributed by atoms with Gasteiger partial charge in [-0.3, -0.25) is 4.68 Å². The highest BCUT2D eigenvalue weighted by Gasteiger charge is 2.09. The zero-order valence-corrected chi connectivity index (χ0v) is 12.1. The summed E-state index contributed by atoms with van der Waals surface area (Å²) in [5.41, 5.74) is 0.829. The van der Waals surface area contributed by atoms with Crippen LogP contribution in [0.1, 0.15) is 12.5 Å². The van der Waals surface area contributed by atoms with E-state index in [2.05, 4.69) is 20.7 Å². The number of urea groups is 1. The quantitative estimate of drug-likeness (QED) is 0.836. The van der Waals surface area contributed by atoms with Crippen LogP contribution in [0, 0.1) is 0 Å². The lowest BCUT2D eigenvalue weighted by Crippen LogP contribution is -2.42. The molecular formula is C14H19N5O2. The molecule has 0 bridgehead atoms. The summed E-state index contributed by atoms with van der Waals surface area (Å²) in [4.78, 5) is 15.9. The van der Waals surface area contributed by atoms with Crippen molar-refractivity contribution in [3.05, 3.63) is 42.4 Å². The largest absolute Gasteiger partial charge is 0.481 e. The Hall–Kier alpha value is -2.57. The molecule has 0 saturated carbocycles. The minimum Gasteiger partial charge on any atom is -0.481 e. The van der Waals surface area contributed by atoms with Crippen molar-refractivity contribution in [2.24, 2.45) is 0 Å². The lowest BCUT2D eigenvalue weighted by molar-refractivity contribution is 0.235. The highest BCUT2D eigenvalue weighted by Crippen LogP contribution is 2.12. The zero-order chi connectivity index (χ0) is 15.1. The summed E-state index contributed by atoms with van der Waals surface area (Å²) < 4.78 is 6.91. The van der Waals surface area contributed by atoms with Crippen molar-refractivity contribution in [1.82, 2.24) is 25.4 Å². The van der Waals surface area contributed by atoms with Gasteiger partial charge in [0.25, 0.3) is 0 Å². The number of pyridine rings is 1. The molecule has 112 valence electrons. The summed E-state index contributed by atoms with van der Waals surface area (Å²) in [7, 11) is 1.55. The molecule has 0 spiro atoms. The molecule has 0 aliphatic carbocycles. The van der Waals surface area contributed by atoms with Crippen LogP contribution in [-0.2, 0) is 13.1 Å². The topological polar surface area (TPSA) is 81.1 Å². The monoisotopic (exact) mass is 289 g/mol. The lowest BCUT2D eigenvalue weighted by Gasteiger charge is -2.15. The zero-order valence-electron chi connectivity index (χ0n) is 12.1. The van der Waals surface area contributed by atoms with Gasteiger partial charge in [0.05, 0.1) is 13.7 Å². The molecule has 7 heteroatoms. The molecule has 0 saturated heterocycles. The van der Waals surface area contributed by atoms with Crippen LogP contribution in [0.15, 0.2) is 36.8 Å². The highest BCUT2D eigenvalue weighted by atomic mass is 16.5. The molecule has 0 radical (unpaired) electrons. The van der Waals surface area contributed by atoms with Gasteiger partial charge in [0, 0.05) is 36.7 Å². The molecule has 2 aromatic rings. The standard InChI is InChI=1S/C14H19N5O2/c1-11(10-19-8-4-7-17-19)18-14(20)16-9-12-5-3-6-15-13(12)21-2/h3-8,11H,9-10H2,1-2H3,(H2,16,18,20)/t11-/m1/s1. The van der Waals surface area contributed by atoms with E-state index >= 15 is 0 Å². The molecule has 2 aromatic heterocycles. The van der Waals surface area contributed by atoms with Gasteiger partial charge >= 0.3 is 6.03 Å². The molecule has 2 N–H and O–H groups in total. The van der Waals surface area contributed by atoms with Crippen molar-refractivity contribution >= 4 is 6.03 Å². The lowest BCUT2D eigenvalue weighted by atomic mass is 10.2. The van der Waals surface area contributed by atoms with Crippen molar-refractivity contribution < 1.29 is 9.53 Å². The van der Waals surface area contributed by atoms with Crippen LogP contribution in [-0.4, -0.2) is 33.9 Å². The molecule has 0 unspecified atom stereocenters. The third-order valence-electron chi connectivity index (χ3n) is 2.88. The van der Waals surface area contributed by atoms with Gasteiger partial charge in [-0.1, -0.05) is 6.07 Å². The van der Waals surface area contributed by atoms with Crippen molar-refractivity contribution in [2.45, 2.75) is 26.1 Å². The highest BCUT2D eigenvalue weighted by molar-refractivity contribution is 5.74. The van der Waals surface area contributed by atoms with Crippen LogP contribution >= 0.6 is 0 Å². The average Bonchev–Trinajstić information content (AvgIpc) is 2.98. The van der Waals surface area contributed by atoms with Crippen LogP contribution in [0.5, 0.6) is 5.88 Å². The molecule has 2 rings (SSSR count). The molecular weight excluding hydrogens is 270 g/mol. The fraction of sp³-hybridized carbons (Fsp3) is 0.357. The molecule has 0 aliphatic heterocycles. The number of amides is 2. The number of hydrogen-bond donors (Lipinski definition) is 2. The number of nitrogens with one attached hydrogen (secondary N) is 2. The second kappa shape index (κ2) is 7.28. The maximum absolute atomic E-state index is 11.8. The fourth-order valence-electron chi connectivity index (χ4n) is 1.93. The summed E-state index contributed by atoms with van der Waals surface area (Å²) in [6.45, 7) is 2.90. The number of ether oxygens (including phenoxy) is 1. The Balaban J connectivity index is 1.79.